The van der Waals surface area contributed by atoms with Crippen molar-refractivity contribution in [3.05, 3.63) is 93.5 Å². The molecule has 2 N–H and O–H groups in total. The van der Waals surface area contributed by atoms with E-state index in [0.29, 0.717) is 23.7 Å². The highest BCUT2D eigenvalue weighted by Gasteiger charge is 2.15. The van der Waals surface area contributed by atoms with Gasteiger partial charge in [-0.05, 0) is 31.5 Å². The fourth-order valence-corrected chi connectivity index (χ4v) is 3.59. The van der Waals surface area contributed by atoms with Crippen LogP contribution in [0.1, 0.15) is 22.5 Å². The number of nitrogens with zero attached hydrogens (tertiary/aromatic N) is 2. The molecule has 31 heavy (non-hydrogen) atoms. The number of benzene rings is 2. The second kappa shape index (κ2) is 8.87. The molecule has 0 aliphatic heterocycles. The maximum absolute atomic E-state index is 12.8. The van der Waals surface area contributed by atoms with E-state index in [1.54, 1.807) is 4.52 Å². The highest BCUT2D eigenvalue weighted by molar-refractivity contribution is 5.94. The van der Waals surface area contributed by atoms with E-state index in [9.17, 15) is 9.59 Å². The van der Waals surface area contributed by atoms with Crippen LogP contribution in [0, 0.1) is 13.8 Å². The van der Waals surface area contributed by atoms with Gasteiger partial charge in [0.1, 0.15) is 5.75 Å². The number of hydrogen-bond donors (Lipinski definition) is 2. The van der Waals surface area contributed by atoms with Crippen LogP contribution in [0.25, 0.3) is 5.65 Å². The second-order valence-corrected chi connectivity index (χ2v) is 7.38. The summed E-state index contributed by atoms with van der Waals surface area (Å²) in [5.41, 5.74) is 4.42. The first-order valence-electron chi connectivity index (χ1n) is 10.1. The Hall–Kier alpha value is -3.87. The number of hydrogen-bond acceptors (Lipinski definition) is 4. The zero-order valence-corrected chi connectivity index (χ0v) is 17.5. The van der Waals surface area contributed by atoms with Crippen LogP contribution in [-0.2, 0) is 17.6 Å². The molecule has 0 spiro atoms. The third-order valence-corrected chi connectivity index (χ3v) is 5.19. The van der Waals surface area contributed by atoms with Gasteiger partial charge in [-0.15, -0.1) is 0 Å². The van der Waals surface area contributed by atoms with Crippen molar-refractivity contribution < 1.29 is 9.53 Å². The minimum absolute atomic E-state index is 0.138. The summed E-state index contributed by atoms with van der Waals surface area (Å²) in [4.78, 5) is 28.9. The van der Waals surface area contributed by atoms with Gasteiger partial charge in [0.05, 0.1) is 18.7 Å². The van der Waals surface area contributed by atoms with Crippen molar-refractivity contribution in [1.82, 2.24) is 14.6 Å². The summed E-state index contributed by atoms with van der Waals surface area (Å²) in [5.74, 6) is 0.449. The number of aromatic nitrogens is 3. The largest absolute Gasteiger partial charge is 0.491 e. The molecule has 2 aromatic carbocycles. The molecule has 0 radical (unpaired) electrons. The Morgan fingerprint density at radius 2 is 1.84 bits per heavy atom. The van der Waals surface area contributed by atoms with E-state index in [4.69, 9.17) is 4.74 Å². The molecule has 0 bridgehead atoms. The van der Waals surface area contributed by atoms with Gasteiger partial charge in [-0.25, -0.2) is 9.50 Å². The van der Waals surface area contributed by atoms with Crippen LogP contribution in [0.4, 0.5) is 5.69 Å². The number of para-hydroxylation sites is 2. The first-order chi connectivity index (χ1) is 15.0. The zero-order chi connectivity index (χ0) is 21.8. The van der Waals surface area contributed by atoms with Crippen LogP contribution >= 0.6 is 0 Å². The van der Waals surface area contributed by atoms with Crippen molar-refractivity contribution in [2.45, 2.75) is 26.7 Å². The summed E-state index contributed by atoms with van der Waals surface area (Å²) >= 11 is 0. The van der Waals surface area contributed by atoms with E-state index >= 15 is 0 Å². The van der Waals surface area contributed by atoms with Gasteiger partial charge in [0.15, 0.2) is 5.65 Å². The lowest BCUT2D eigenvalue weighted by Gasteiger charge is -2.14. The molecule has 0 saturated heterocycles. The Morgan fingerprint density at radius 3 is 2.65 bits per heavy atom. The van der Waals surface area contributed by atoms with E-state index < -0.39 is 0 Å². The molecule has 158 valence electrons. The normalized spacial score (nSPS) is 10.9. The lowest BCUT2D eigenvalue weighted by molar-refractivity contribution is -0.115. The SMILES string of the molecule is Cc1nc2cc(=O)[nH]n2c(C)c1CC(=O)Nc1ccccc1OCCc1ccccc1. The number of carbonyl (C=O) groups is 1. The summed E-state index contributed by atoms with van der Waals surface area (Å²) in [7, 11) is 0. The van der Waals surface area contributed by atoms with Gasteiger partial charge in [0.25, 0.3) is 5.56 Å². The lowest BCUT2D eigenvalue weighted by Crippen LogP contribution is -2.18. The molecule has 1 amide bonds. The topological polar surface area (TPSA) is 88.5 Å². The number of H-pyrrole nitrogens is 1. The number of rotatable bonds is 7. The van der Waals surface area contributed by atoms with Crippen molar-refractivity contribution >= 4 is 17.2 Å². The molecule has 7 heteroatoms. The minimum Gasteiger partial charge on any atom is -0.491 e. The molecule has 0 atom stereocenters. The molecule has 4 aromatic rings. The molecule has 0 saturated carbocycles. The predicted molar refractivity (Wildman–Crippen MR) is 120 cm³/mol. The second-order valence-electron chi connectivity index (χ2n) is 7.38. The van der Waals surface area contributed by atoms with E-state index in [1.165, 1.54) is 11.6 Å². The van der Waals surface area contributed by atoms with Crippen molar-refractivity contribution in [2.75, 3.05) is 11.9 Å². The Balaban J connectivity index is 1.46. The van der Waals surface area contributed by atoms with Crippen LogP contribution in [0.15, 0.2) is 65.5 Å². The van der Waals surface area contributed by atoms with Gasteiger partial charge in [-0.2, -0.15) is 0 Å². The summed E-state index contributed by atoms with van der Waals surface area (Å²) in [6.45, 7) is 4.21. The summed E-state index contributed by atoms with van der Waals surface area (Å²) in [6, 6.07) is 18.9. The van der Waals surface area contributed by atoms with Gasteiger partial charge in [-0.3, -0.25) is 14.7 Å². The maximum Gasteiger partial charge on any atom is 0.266 e. The number of aryl methyl sites for hydroxylation is 2. The quantitative estimate of drug-likeness (QED) is 0.483. The molecule has 0 fully saturated rings. The van der Waals surface area contributed by atoms with Crippen LogP contribution in [0.3, 0.4) is 0 Å². The zero-order valence-electron chi connectivity index (χ0n) is 17.5. The Morgan fingerprint density at radius 1 is 1.10 bits per heavy atom. The molecule has 0 aliphatic rings. The molecule has 0 aliphatic carbocycles. The third-order valence-electron chi connectivity index (χ3n) is 5.19. The average Bonchev–Trinajstić information content (AvgIpc) is 3.13. The maximum atomic E-state index is 12.8. The number of ether oxygens (including phenoxy) is 1. The van der Waals surface area contributed by atoms with Crippen LogP contribution in [0.2, 0.25) is 0 Å². The highest BCUT2D eigenvalue weighted by atomic mass is 16.5. The van der Waals surface area contributed by atoms with Gasteiger partial charge in [0, 0.05) is 29.4 Å². The summed E-state index contributed by atoms with van der Waals surface area (Å²) in [5, 5.41) is 5.65. The Kier molecular flexibility index (Phi) is 5.84. The van der Waals surface area contributed by atoms with E-state index in [0.717, 1.165) is 23.4 Å². The van der Waals surface area contributed by atoms with Crippen LogP contribution < -0.4 is 15.6 Å². The first-order valence-corrected chi connectivity index (χ1v) is 10.1. The fraction of sp³-hybridized carbons (Fsp3) is 0.208. The van der Waals surface area contributed by atoms with Gasteiger partial charge in [0.2, 0.25) is 5.91 Å². The number of carbonyl (C=O) groups excluding carboxylic acids is 1. The minimum atomic E-state index is -0.224. The Labute approximate surface area is 179 Å². The van der Waals surface area contributed by atoms with Crippen molar-refractivity contribution in [3.8, 4) is 5.75 Å². The monoisotopic (exact) mass is 416 g/mol. The fourth-order valence-electron chi connectivity index (χ4n) is 3.59. The molecule has 7 nitrogen and oxygen atoms in total. The first kappa shape index (κ1) is 20.4. The molecule has 0 unspecified atom stereocenters. The average molecular weight is 416 g/mol. The van der Waals surface area contributed by atoms with Gasteiger partial charge < -0.3 is 10.1 Å². The smallest absolute Gasteiger partial charge is 0.266 e. The van der Waals surface area contributed by atoms with Gasteiger partial charge in [-0.1, -0.05) is 42.5 Å². The number of fused-ring (bicyclic) bond motifs is 1. The van der Waals surface area contributed by atoms with E-state index in [1.807, 2.05) is 56.3 Å². The number of aromatic amines is 1. The predicted octanol–water partition coefficient (Wildman–Crippen LogP) is 3.44. The van der Waals surface area contributed by atoms with E-state index in [-0.39, 0.29) is 17.9 Å². The van der Waals surface area contributed by atoms with Crippen LogP contribution in [0.5, 0.6) is 5.75 Å². The number of anilines is 1. The molecule has 4 rings (SSSR count). The molecular formula is C24H24N4O3. The highest BCUT2D eigenvalue weighted by Crippen LogP contribution is 2.24. The van der Waals surface area contributed by atoms with E-state index in [2.05, 4.69) is 27.5 Å². The number of nitrogens with one attached hydrogen (secondary N) is 2. The van der Waals surface area contributed by atoms with Crippen LogP contribution in [-0.4, -0.2) is 27.1 Å². The van der Waals surface area contributed by atoms with Crippen molar-refractivity contribution in [3.63, 3.8) is 0 Å². The Bertz CT molecular complexity index is 1280. The number of amides is 1. The molecular weight excluding hydrogens is 392 g/mol. The van der Waals surface area contributed by atoms with Gasteiger partial charge >= 0.3 is 0 Å². The third kappa shape index (κ3) is 4.66. The standard InChI is InChI=1S/C24H24N4O3/c1-16-19(17(2)28-22(25-16)15-24(30)27-28)14-23(29)26-20-10-6-7-11-21(20)31-13-12-18-8-4-3-5-9-18/h3-11,15H,12-14H2,1-2H3,(H,26,29)(H,27,30). The van der Waals surface area contributed by atoms with Crippen molar-refractivity contribution in [2.24, 2.45) is 0 Å². The lowest BCUT2D eigenvalue weighted by atomic mass is 10.1. The summed E-state index contributed by atoms with van der Waals surface area (Å²) in [6.07, 6.45) is 0.918. The molecule has 2 heterocycles. The molecule has 2 aromatic heterocycles. The summed E-state index contributed by atoms with van der Waals surface area (Å²) < 4.78 is 7.54. The van der Waals surface area contributed by atoms with Crippen molar-refractivity contribution in [1.29, 1.82) is 0 Å².